The van der Waals surface area contributed by atoms with Gasteiger partial charge in [0, 0.05) is 29.1 Å². The molecule has 0 spiro atoms. The molecule has 7 nitrogen and oxygen atoms in total. The Morgan fingerprint density at radius 3 is 2.84 bits per heavy atom. The van der Waals surface area contributed by atoms with Crippen molar-refractivity contribution in [3.8, 4) is 0 Å². The van der Waals surface area contributed by atoms with Crippen molar-refractivity contribution in [2.75, 3.05) is 11.1 Å². The van der Waals surface area contributed by atoms with Gasteiger partial charge in [-0.3, -0.25) is 0 Å². The predicted molar refractivity (Wildman–Crippen MR) is 97.6 cm³/mol. The Bertz CT molecular complexity index is 864. The minimum Gasteiger partial charge on any atom is -0.405 e. The van der Waals surface area contributed by atoms with E-state index >= 15 is 0 Å². The lowest BCUT2D eigenvalue weighted by Gasteiger charge is -2.24. The Morgan fingerprint density at radius 2 is 2.16 bits per heavy atom. The predicted octanol–water partition coefficient (Wildman–Crippen LogP) is 1.36. The largest absolute Gasteiger partial charge is 0.405 e. The number of aromatic nitrogens is 1. The van der Waals surface area contributed by atoms with Gasteiger partial charge in [0.15, 0.2) is 0 Å². The number of hydrogen-bond donors (Lipinski definition) is 5. The molecule has 1 aromatic heterocycles. The number of ether oxygens (including phenoxy) is 1. The van der Waals surface area contributed by atoms with E-state index in [0.717, 1.165) is 28.6 Å². The zero-order valence-electron chi connectivity index (χ0n) is 13.6. The van der Waals surface area contributed by atoms with E-state index in [1.807, 2.05) is 24.3 Å². The number of nitrogen functional groups attached to an aromatic ring is 1. The summed E-state index contributed by atoms with van der Waals surface area (Å²) in [5, 5.41) is 22.3. The molecule has 0 saturated carbocycles. The number of nitrogens with two attached hydrogens (primary N) is 2. The van der Waals surface area contributed by atoms with Crippen LogP contribution >= 0.6 is 0 Å². The fraction of sp³-hybridized carbons (Fsp3) is 0.333. The molecule has 0 radical (unpaired) electrons. The molecule has 4 atom stereocenters. The Hall–Kier alpha value is -2.64. The average molecular weight is 339 g/mol. The number of rotatable bonds is 4. The molecule has 4 unspecified atom stereocenters. The number of fused-ring (bicyclic) bond motifs is 3. The highest BCUT2D eigenvalue weighted by molar-refractivity contribution is 6.09. The van der Waals surface area contributed by atoms with E-state index in [-0.39, 0.29) is 24.4 Å². The molecule has 7 heteroatoms. The maximum atomic E-state index is 9.83. The van der Waals surface area contributed by atoms with Crippen LogP contribution in [0.5, 0.6) is 0 Å². The number of benzene rings is 1. The van der Waals surface area contributed by atoms with Gasteiger partial charge in [0.1, 0.15) is 5.82 Å². The van der Waals surface area contributed by atoms with Gasteiger partial charge in [-0.15, -0.1) is 0 Å². The van der Waals surface area contributed by atoms with Crippen LogP contribution in [0.2, 0.25) is 0 Å². The molecule has 0 amide bonds. The Kier molecular flexibility index (Phi) is 3.82. The minimum absolute atomic E-state index is 0.0200. The third kappa shape index (κ3) is 2.81. The molecular formula is C18H21N5O2. The molecule has 4 rings (SSSR count). The smallest absolute Gasteiger partial charge is 0.126 e. The van der Waals surface area contributed by atoms with Gasteiger partial charge in [0.05, 0.1) is 35.6 Å². The monoisotopic (exact) mass is 339 g/mol. The van der Waals surface area contributed by atoms with Gasteiger partial charge in [0.25, 0.3) is 0 Å². The van der Waals surface area contributed by atoms with E-state index in [9.17, 15) is 5.11 Å². The average Bonchev–Trinajstić information content (AvgIpc) is 3.13. The van der Waals surface area contributed by atoms with Crippen LogP contribution < -0.4 is 16.8 Å². The highest BCUT2D eigenvalue weighted by Crippen LogP contribution is 2.37. The summed E-state index contributed by atoms with van der Waals surface area (Å²) in [5.74, 6) is 0.414. The number of allylic oxidation sites excluding steroid dienone is 1. The fourth-order valence-electron chi connectivity index (χ4n) is 3.71. The standard InChI is InChI=1S/C18H21N5O2/c19-4-3-11(20)9-1-2-10-12(5-9)23-18(21)7-13(10)22-14-6-17-15(24)8-16(14)25-17/h1-5,7,14-17,20,24H,6,8,19H2,(H3,21,22,23). The Morgan fingerprint density at radius 1 is 1.32 bits per heavy atom. The Balaban J connectivity index is 1.66. The quantitative estimate of drug-likeness (QED) is 0.535. The second-order valence-electron chi connectivity index (χ2n) is 6.60. The molecule has 2 fully saturated rings. The summed E-state index contributed by atoms with van der Waals surface area (Å²) in [6, 6.07) is 7.60. The summed E-state index contributed by atoms with van der Waals surface area (Å²) >= 11 is 0. The van der Waals surface area contributed by atoms with E-state index < -0.39 is 0 Å². The molecule has 1 aromatic carbocycles. The highest BCUT2D eigenvalue weighted by atomic mass is 16.5. The van der Waals surface area contributed by atoms with Crippen LogP contribution in [0.1, 0.15) is 18.4 Å². The van der Waals surface area contributed by atoms with E-state index in [4.69, 9.17) is 21.6 Å². The van der Waals surface area contributed by atoms with Crippen LogP contribution in [-0.4, -0.2) is 40.2 Å². The molecule has 2 aromatic rings. The molecule has 3 heterocycles. The zero-order chi connectivity index (χ0) is 17.6. The highest BCUT2D eigenvalue weighted by Gasteiger charge is 2.46. The molecule has 2 bridgehead atoms. The topological polar surface area (TPSA) is 130 Å². The number of aliphatic hydroxyl groups excluding tert-OH is 1. The zero-order valence-corrected chi connectivity index (χ0v) is 13.6. The van der Waals surface area contributed by atoms with Crippen LogP contribution in [0.4, 0.5) is 11.5 Å². The van der Waals surface area contributed by atoms with E-state index in [2.05, 4.69) is 10.3 Å². The van der Waals surface area contributed by atoms with E-state index in [0.29, 0.717) is 18.0 Å². The van der Waals surface area contributed by atoms with Crippen molar-refractivity contribution in [1.82, 2.24) is 4.98 Å². The first-order chi connectivity index (χ1) is 12.0. The summed E-state index contributed by atoms with van der Waals surface area (Å²) in [4.78, 5) is 4.39. The van der Waals surface area contributed by atoms with Crippen molar-refractivity contribution < 1.29 is 9.84 Å². The SMILES string of the molecule is N=C(C=CN)c1ccc2c(NC3CC4OC3CC4O)cc(N)nc2c1. The van der Waals surface area contributed by atoms with Gasteiger partial charge < -0.3 is 32.0 Å². The van der Waals surface area contributed by atoms with Gasteiger partial charge in [-0.25, -0.2) is 4.98 Å². The van der Waals surface area contributed by atoms with Crippen molar-refractivity contribution >= 4 is 28.1 Å². The van der Waals surface area contributed by atoms with E-state index in [1.54, 1.807) is 0 Å². The molecule has 2 saturated heterocycles. The second kappa shape index (κ2) is 6.02. The number of nitrogens with zero attached hydrogens (tertiary/aromatic N) is 1. The lowest BCUT2D eigenvalue weighted by Crippen LogP contribution is -2.35. The van der Waals surface area contributed by atoms with Crippen LogP contribution in [0, 0.1) is 5.41 Å². The van der Waals surface area contributed by atoms with Gasteiger partial charge in [-0.2, -0.15) is 0 Å². The molecular weight excluding hydrogens is 318 g/mol. The van der Waals surface area contributed by atoms with Crippen LogP contribution in [0.25, 0.3) is 10.9 Å². The minimum atomic E-state index is -0.355. The lowest BCUT2D eigenvalue weighted by atomic mass is 9.93. The molecule has 2 aliphatic heterocycles. The third-order valence-electron chi connectivity index (χ3n) is 4.93. The number of hydrogen-bond acceptors (Lipinski definition) is 7. The molecule has 25 heavy (non-hydrogen) atoms. The van der Waals surface area contributed by atoms with Crippen LogP contribution in [0.15, 0.2) is 36.5 Å². The molecule has 0 aliphatic carbocycles. The van der Waals surface area contributed by atoms with E-state index in [1.165, 1.54) is 12.3 Å². The van der Waals surface area contributed by atoms with Crippen molar-refractivity contribution in [2.45, 2.75) is 37.2 Å². The second-order valence-corrected chi connectivity index (χ2v) is 6.60. The first-order valence-corrected chi connectivity index (χ1v) is 8.32. The number of aliphatic hydroxyl groups is 1. The first kappa shape index (κ1) is 15.9. The Labute approximate surface area is 145 Å². The van der Waals surface area contributed by atoms with Gasteiger partial charge in [0.2, 0.25) is 0 Å². The van der Waals surface area contributed by atoms with Crippen molar-refractivity contribution in [1.29, 1.82) is 5.41 Å². The first-order valence-electron chi connectivity index (χ1n) is 8.32. The summed E-state index contributed by atoms with van der Waals surface area (Å²) < 4.78 is 5.78. The number of anilines is 2. The number of nitrogens with one attached hydrogen (secondary N) is 2. The summed E-state index contributed by atoms with van der Waals surface area (Å²) in [5.41, 5.74) is 14.0. The third-order valence-corrected chi connectivity index (χ3v) is 4.93. The van der Waals surface area contributed by atoms with Gasteiger partial charge in [-0.05, 0) is 24.8 Å². The molecule has 7 N–H and O–H groups in total. The van der Waals surface area contributed by atoms with Gasteiger partial charge >= 0.3 is 0 Å². The van der Waals surface area contributed by atoms with Crippen molar-refractivity contribution in [3.63, 3.8) is 0 Å². The summed E-state index contributed by atoms with van der Waals surface area (Å²) in [6.07, 6.45) is 3.90. The summed E-state index contributed by atoms with van der Waals surface area (Å²) in [7, 11) is 0. The number of pyridine rings is 1. The summed E-state index contributed by atoms with van der Waals surface area (Å²) in [6.45, 7) is 0. The van der Waals surface area contributed by atoms with Crippen molar-refractivity contribution in [3.05, 3.63) is 42.1 Å². The lowest BCUT2D eigenvalue weighted by molar-refractivity contribution is 0.0535. The maximum absolute atomic E-state index is 9.83. The molecule has 130 valence electrons. The maximum Gasteiger partial charge on any atom is 0.126 e. The van der Waals surface area contributed by atoms with Crippen molar-refractivity contribution in [2.24, 2.45) is 5.73 Å². The fourth-order valence-corrected chi connectivity index (χ4v) is 3.71. The van der Waals surface area contributed by atoms with Crippen LogP contribution in [0.3, 0.4) is 0 Å². The molecule has 2 aliphatic rings. The normalized spacial score (nSPS) is 28.0. The van der Waals surface area contributed by atoms with Crippen LogP contribution in [-0.2, 0) is 4.74 Å². The van der Waals surface area contributed by atoms with Gasteiger partial charge in [-0.1, -0.05) is 12.1 Å².